The molecule has 0 amide bonds. The van der Waals surface area contributed by atoms with Gasteiger partial charge in [0.25, 0.3) is 0 Å². The van der Waals surface area contributed by atoms with Crippen LogP contribution in [-0.4, -0.2) is 91.4 Å². The van der Waals surface area contributed by atoms with Crippen LogP contribution in [0.2, 0.25) is 13.6 Å². The first kappa shape index (κ1) is 56.5. The summed E-state index contributed by atoms with van der Waals surface area (Å²) in [5.41, 5.74) is 6.63. The average molecular weight is 986 g/mol. The van der Waals surface area contributed by atoms with E-state index in [0.717, 1.165) is 93.5 Å². The second kappa shape index (κ2) is 25.5. The number of nitrogens with one attached hydrogen (secondary N) is 1. The van der Waals surface area contributed by atoms with Gasteiger partial charge in [0.15, 0.2) is 0 Å². The summed E-state index contributed by atoms with van der Waals surface area (Å²) in [5, 5.41) is 22.8. The molecule has 396 valence electrons. The molecule has 3 aromatic carbocycles. The summed E-state index contributed by atoms with van der Waals surface area (Å²) in [6, 6.07) is 26.0. The molecule has 10 heteroatoms. The summed E-state index contributed by atoms with van der Waals surface area (Å²) in [7, 11) is -0.726. The lowest BCUT2D eigenvalue weighted by molar-refractivity contribution is 0.0880. The molecule has 0 bridgehead atoms. The Kier molecular flexibility index (Phi) is 20.0. The van der Waals surface area contributed by atoms with E-state index in [1.807, 2.05) is 18.5 Å². The highest BCUT2D eigenvalue weighted by Crippen LogP contribution is 2.42. The average Bonchev–Trinajstić information content (AvgIpc) is 4.17. The fourth-order valence-corrected chi connectivity index (χ4v) is 12.5. The normalized spacial score (nSPS) is 27.4. The Hall–Kier alpha value is -3.27. The van der Waals surface area contributed by atoms with Gasteiger partial charge in [-0.25, -0.2) is 0 Å². The van der Waals surface area contributed by atoms with Gasteiger partial charge in [-0.1, -0.05) is 105 Å². The van der Waals surface area contributed by atoms with Crippen LogP contribution < -0.4 is 19.5 Å². The number of hydrogen-bond donors (Lipinski definition) is 3. The Bertz CT molecular complexity index is 2070. The van der Waals surface area contributed by atoms with Crippen molar-refractivity contribution in [3.8, 4) is 17.2 Å². The zero-order valence-corrected chi connectivity index (χ0v) is 46.9. The Morgan fingerprint density at radius 3 is 1.21 bits per heavy atom. The van der Waals surface area contributed by atoms with E-state index in [0.29, 0.717) is 46.4 Å². The standard InChI is InChI=1S/C21H34BNO2.C21H32BNO2.C20H31NO/c2*1-21(2,3)18-7-11-20(12-8-18)25-19-9-5-16(6-10-19)17-13-14-23(15-17)22(4)24;1-20(2,3)17-6-10-19(11-7-17)22-18-8-4-15(5-9-18)16-12-13-21-14-16/h5-6,9-10,17-18,20,24H,7-8,11-15H2,1-4H3;5-6,9-10,13,18,20,24H,7-8,11-12,14-15H2,1-4H3;4-5,8-9,16-17,19,21H,6-7,10-14H2,1-3H3. The van der Waals surface area contributed by atoms with Gasteiger partial charge in [-0.2, -0.15) is 0 Å². The molecule has 3 aromatic rings. The molecular formula is C62H97B2N3O5. The smallest absolute Gasteiger partial charge is 0.376 e. The number of nitrogens with zero attached hydrogens (tertiary/aromatic N) is 2. The predicted molar refractivity (Wildman–Crippen MR) is 303 cm³/mol. The molecule has 3 aliphatic heterocycles. The number of ether oxygens (including phenoxy) is 3. The highest BCUT2D eigenvalue weighted by atomic mass is 16.5. The van der Waals surface area contributed by atoms with Gasteiger partial charge in [-0.3, -0.25) is 0 Å². The van der Waals surface area contributed by atoms with Crippen LogP contribution in [0.25, 0.3) is 5.57 Å². The first-order valence-corrected chi connectivity index (χ1v) is 28.7. The zero-order valence-electron chi connectivity index (χ0n) is 46.9. The highest BCUT2D eigenvalue weighted by molar-refractivity contribution is 6.45. The van der Waals surface area contributed by atoms with E-state index in [2.05, 4.69) is 151 Å². The van der Waals surface area contributed by atoms with Crippen LogP contribution in [0.4, 0.5) is 0 Å². The van der Waals surface area contributed by atoms with Crippen LogP contribution >= 0.6 is 0 Å². The van der Waals surface area contributed by atoms with Gasteiger partial charge in [0.1, 0.15) is 17.2 Å². The van der Waals surface area contributed by atoms with Crippen LogP contribution in [0.1, 0.15) is 181 Å². The molecule has 2 saturated heterocycles. The second-order valence-corrected chi connectivity index (χ2v) is 26.1. The number of rotatable bonds is 11. The van der Waals surface area contributed by atoms with Crippen molar-refractivity contribution in [1.82, 2.24) is 14.9 Å². The van der Waals surface area contributed by atoms with Crippen LogP contribution in [0.5, 0.6) is 17.2 Å². The maximum atomic E-state index is 9.72. The molecule has 2 unspecified atom stereocenters. The fourth-order valence-electron chi connectivity index (χ4n) is 12.5. The molecule has 2 atom stereocenters. The monoisotopic (exact) mass is 986 g/mol. The number of hydrogen-bond acceptors (Lipinski definition) is 8. The Balaban J connectivity index is 0.000000159. The fraction of sp³-hybridized carbons (Fsp3) is 0.677. The van der Waals surface area contributed by atoms with Gasteiger partial charge < -0.3 is 39.2 Å². The van der Waals surface area contributed by atoms with Gasteiger partial charge in [-0.05, 0) is 228 Å². The van der Waals surface area contributed by atoms with Crippen molar-refractivity contribution in [3.05, 3.63) is 95.6 Å². The van der Waals surface area contributed by atoms with Gasteiger partial charge in [0, 0.05) is 19.6 Å². The molecule has 3 heterocycles. The summed E-state index contributed by atoms with van der Waals surface area (Å²) in [6.07, 6.45) is 20.6. The van der Waals surface area contributed by atoms with Crippen LogP contribution in [0, 0.1) is 34.0 Å². The number of benzene rings is 3. The van der Waals surface area contributed by atoms with Crippen molar-refractivity contribution < 1.29 is 24.3 Å². The van der Waals surface area contributed by atoms with Crippen molar-refractivity contribution in [3.63, 3.8) is 0 Å². The Morgan fingerprint density at radius 1 is 0.486 bits per heavy atom. The van der Waals surface area contributed by atoms with Gasteiger partial charge in [-0.15, -0.1) is 0 Å². The lowest BCUT2D eigenvalue weighted by Gasteiger charge is -2.37. The van der Waals surface area contributed by atoms with Crippen molar-refractivity contribution in [1.29, 1.82) is 0 Å². The molecule has 3 N–H and O–H groups in total. The molecule has 9 rings (SSSR count). The largest absolute Gasteiger partial charge is 0.490 e. The minimum absolute atomic E-state index is 0.337. The lowest BCUT2D eigenvalue weighted by atomic mass is 9.72. The van der Waals surface area contributed by atoms with E-state index in [4.69, 9.17) is 14.2 Å². The van der Waals surface area contributed by atoms with E-state index in [1.165, 1.54) is 92.9 Å². The lowest BCUT2D eigenvalue weighted by Crippen LogP contribution is -2.35. The topological polar surface area (TPSA) is 86.7 Å². The summed E-state index contributed by atoms with van der Waals surface area (Å²) < 4.78 is 18.7. The maximum Gasteiger partial charge on any atom is 0.376 e. The summed E-state index contributed by atoms with van der Waals surface area (Å²) in [6.45, 7) is 30.8. The van der Waals surface area contributed by atoms with E-state index in [-0.39, 0.29) is 14.1 Å². The Labute approximate surface area is 439 Å². The van der Waals surface area contributed by atoms with Crippen LogP contribution in [0.3, 0.4) is 0 Å². The third-order valence-corrected chi connectivity index (χ3v) is 17.8. The third-order valence-electron chi connectivity index (χ3n) is 17.8. The molecule has 8 nitrogen and oxygen atoms in total. The molecule has 6 aliphatic rings. The first-order chi connectivity index (χ1) is 34.2. The molecule has 3 aliphatic carbocycles. The van der Waals surface area contributed by atoms with Crippen LogP contribution in [-0.2, 0) is 0 Å². The van der Waals surface area contributed by atoms with Gasteiger partial charge in [0.05, 0.1) is 18.3 Å². The molecule has 3 saturated carbocycles. The van der Waals surface area contributed by atoms with Crippen molar-refractivity contribution >= 4 is 19.7 Å². The van der Waals surface area contributed by atoms with Crippen molar-refractivity contribution in [2.75, 3.05) is 39.3 Å². The van der Waals surface area contributed by atoms with Crippen molar-refractivity contribution in [2.24, 2.45) is 34.0 Å². The van der Waals surface area contributed by atoms with Crippen molar-refractivity contribution in [2.45, 2.75) is 196 Å². The van der Waals surface area contributed by atoms with Crippen LogP contribution in [0.15, 0.2) is 78.9 Å². The minimum atomic E-state index is -0.389. The van der Waals surface area contributed by atoms with E-state index in [9.17, 15) is 10.0 Å². The SMILES string of the molecule is CB(O)N1CC=C(c2ccc(OC3CCC(C(C)(C)C)CC3)cc2)C1.CB(O)N1CCC(c2ccc(OC3CCC(C(C)(C)C)CC3)cc2)C1.CC(C)(C)C1CCC(Oc2ccc(C3CCNC3)cc2)CC1. The molecule has 0 aromatic heterocycles. The third kappa shape index (κ3) is 16.6. The summed E-state index contributed by atoms with van der Waals surface area (Å²) >= 11 is 0. The quantitative estimate of drug-likeness (QED) is 0.164. The molecule has 0 radical (unpaired) electrons. The zero-order chi connectivity index (χ0) is 51.6. The second-order valence-electron chi connectivity index (χ2n) is 26.1. The predicted octanol–water partition coefficient (Wildman–Crippen LogP) is 13.8. The summed E-state index contributed by atoms with van der Waals surface area (Å²) in [4.78, 5) is 4.19. The van der Waals surface area contributed by atoms with Gasteiger partial charge in [0.2, 0.25) is 0 Å². The molecule has 0 spiro atoms. The molecular weight excluding hydrogens is 888 g/mol. The van der Waals surface area contributed by atoms with Gasteiger partial charge >= 0.3 is 14.1 Å². The minimum Gasteiger partial charge on any atom is -0.490 e. The summed E-state index contributed by atoms with van der Waals surface area (Å²) in [5.74, 6) is 6.76. The highest BCUT2D eigenvalue weighted by Gasteiger charge is 2.34. The molecule has 72 heavy (non-hydrogen) atoms. The molecule has 5 fully saturated rings. The van der Waals surface area contributed by atoms with E-state index >= 15 is 0 Å². The Morgan fingerprint density at radius 2 is 0.875 bits per heavy atom. The maximum absolute atomic E-state index is 9.72. The first-order valence-electron chi connectivity index (χ1n) is 28.7. The van der Waals surface area contributed by atoms with E-state index in [1.54, 1.807) is 0 Å². The van der Waals surface area contributed by atoms with E-state index < -0.39 is 0 Å².